The highest BCUT2D eigenvalue weighted by Gasteiger charge is 1.92. The van der Waals surface area contributed by atoms with E-state index in [0.29, 0.717) is 6.61 Å². The minimum absolute atomic E-state index is 0.175. The molecule has 0 aromatic carbocycles. The molecule has 0 aliphatic rings. The van der Waals surface area contributed by atoms with Crippen molar-refractivity contribution in [1.82, 2.24) is 0 Å². The number of rotatable bonds is 9. The normalized spacial score (nSPS) is 11.4. The van der Waals surface area contributed by atoms with Gasteiger partial charge in [-0.2, -0.15) is 0 Å². The van der Waals surface area contributed by atoms with Crippen molar-refractivity contribution in [2.45, 2.75) is 52.4 Å². The molecule has 0 amide bonds. The van der Waals surface area contributed by atoms with E-state index < -0.39 is 0 Å². The molecule has 0 radical (unpaired) electrons. The van der Waals surface area contributed by atoms with E-state index in [-0.39, 0.29) is 5.97 Å². The molecule has 16 heavy (non-hydrogen) atoms. The Hall–Kier alpha value is -1.05. The van der Waals surface area contributed by atoms with Gasteiger partial charge in [-0.1, -0.05) is 44.1 Å². The summed E-state index contributed by atoms with van der Waals surface area (Å²) in [5, 5.41) is 0. The Balaban J connectivity index is 3.12. The first-order valence-corrected chi connectivity index (χ1v) is 6.22. The lowest BCUT2D eigenvalue weighted by molar-refractivity contribution is -0.141. The Bertz CT molecular complexity index is 217. The molecule has 0 saturated carbocycles. The summed E-state index contributed by atoms with van der Waals surface area (Å²) in [6.07, 6.45) is 15.4. The molecule has 2 nitrogen and oxygen atoms in total. The van der Waals surface area contributed by atoms with Crippen molar-refractivity contribution in [2.24, 2.45) is 0 Å². The molecule has 0 fully saturated rings. The monoisotopic (exact) mass is 224 g/mol. The lowest BCUT2D eigenvalue weighted by Gasteiger charge is -2.00. The molecule has 0 unspecified atom stereocenters. The molecule has 0 rings (SSSR count). The molecule has 0 aliphatic heterocycles. The number of ether oxygens (including phenoxy) is 1. The van der Waals surface area contributed by atoms with E-state index in [1.807, 2.05) is 0 Å². The lowest BCUT2D eigenvalue weighted by atomic mass is 10.1. The van der Waals surface area contributed by atoms with Crippen LogP contribution >= 0.6 is 0 Å². The van der Waals surface area contributed by atoms with Crippen LogP contribution in [-0.2, 0) is 9.53 Å². The predicted molar refractivity (Wildman–Crippen MR) is 68.3 cm³/mol. The maximum atomic E-state index is 10.5. The average molecular weight is 224 g/mol. The second kappa shape index (κ2) is 12.0. The first kappa shape index (κ1) is 14.9. The topological polar surface area (TPSA) is 26.3 Å². The number of unbranched alkanes of at least 4 members (excludes halogenated alkanes) is 4. The van der Waals surface area contributed by atoms with E-state index >= 15 is 0 Å². The highest BCUT2D eigenvalue weighted by molar-refractivity contribution is 5.65. The molecular weight excluding hydrogens is 200 g/mol. The van der Waals surface area contributed by atoms with Crippen LogP contribution in [0.15, 0.2) is 24.3 Å². The van der Waals surface area contributed by atoms with Crippen LogP contribution in [0.5, 0.6) is 0 Å². The second-order valence-corrected chi connectivity index (χ2v) is 3.81. The summed E-state index contributed by atoms with van der Waals surface area (Å²) in [6.45, 7) is 4.16. The third-order valence-electron chi connectivity index (χ3n) is 2.19. The summed E-state index contributed by atoms with van der Waals surface area (Å²) in [7, 11) is 0. The minimum Gasteiger partial charge on any atom is -0.466 e. The van der Waals surface area contributed by atoms with Gasteiger partial charge in [-0.15, -0.1) is 0 Å². The van der Waals surface area contributed by atoms with Crippen molar-refractivity contribution in [3.8, 4) is 0 Å². The summed E-state index contributed by atoms with van der Waals surface area (Å²) in [4.78, 5) is 10.5. The number of hydrogen-bond donors (Lipinski definition) is 0. The first-order chi connectivity index (χ1) is 7.77. The molecule has 0 saturated heterocycles. The van der Waals surface area contributed by atoms with Crippen molar-refractivity contribution in [3.63, 3.8) is 0 Å². The van der Waals surface area contributed by atoms with Gasteiger partial charge < -0.3 is 4.74 Å². The van der Waals surface area contributed by atoms with Crippen LogP contribution < -0.4 is 0 Å². The Morgan fingerprint density at radius 3 is 2.44 bits per heavy atom. The summed E-state index contributed by atoms with van der Waals surface area (Å²) in [6, 6.07) is 0. The number of carbonyl (C=O) groups excluding carboxylic acids is 1. The van der Waals surface area contributed by atoms with Crippen LogP contribution in [0.2, 0.25) is 0 Å². The van der Waals surface area contributed by atoms with Crippen molar-refractivity contribution < 1.29 is 9.53 Å². The maximum Gasteiger partial charge on any atom is 0.302 e. The van der Waals surface area contributed by atoms with E-state index in [2.05, 4.69) is 31.2 Å². The zero-order valence-corrected chi connectivity index (χ0v) is 10.6. The molecule has 0 aromatic rings. The van der Waals surface area contributed by atoms with Crippen LogP contribution in [0, 0.1) is 0 Å². The van der Waals surface area contributed by atoms with Gasteiger partial charge in [0.1, 0.15) is 0 Å². The van der Waals surface area contributed by atoms with Gasteiger partial charge in [0, 0.05) is 6.92 Å². The van der Waals surface area contributed by atoms with Gasteiger partial charge in [0.15, 0.2) is 0 Å². The quantitative estimate of drug-likeness (QED) is 0.336. The standard InChI is InChI=1S/C14H24O2/c1-3-4-5-6-7-8-9-10-11-12-13-16-14(2)15/h4-7H,3,8-13H2,1-2H3/b5-4+,7-6-. The maximum absolute atomic E-state index is 10.5. The van der Waals surface area contributed by atoms with Crippen molar-refractivity contribution >= 4 is 5.97 Å². The third kappa shape index (κ3) is 12.9. The molecule has 0 bridgehead atoms. The van der Waals surface area contributed by atoms with Gasteiger partial charge in [-0.25, -0.2) is 0 Å². The Kier molecular flexibility index (Phi) is 11.2. The smallest absolute Gasteiger partial charge is 0.302 e. The van der Waals surface area contributed by atoms with Gasteiger partial charge >= 0.3 is 5.97 Å². The molecule has 0 heterocycles. The summed E-state index contributed by atoms with van der Waals surface area (Å²) < 4.78 is 4.85. The largest absolute Gasteiger partial charge is 0.466 e. The molecule has 0 N–H and O–H groups in total. The number of carbonyl (C=O) groups is 1. The summed E-state index contributed by atoms with van der Waals surface area (Å²) in [5.41, 5.74) is 0. The number of allylic oxidation sites excluding steroid dienone is 4. The van der Waals surface area contributed by atoms with E-state index in [9.17, 15) is 4.79 Å². The highest BCUT2D eigenvalue weighted by atomic mass is 16.5. The summed E-state index contributed by atoms with van der Waals surface area (Å²) in [5.74, 6) is -0.175. The molecular formula is C14H24O2. The minimum atomic E-state index is -0.175. The zero-order valence-electron chi connectivity index (χ0n) is 10.6. The average Bonchev–Trinajstić information content (AvgIpc) is 2.25. The van der Waals surface area contributed by atoms with Crippen LogP contribution in [-0.4, -0.2) is 12.6 Å². The first-order valence-electron chi connectivity index (χ1n) is 6.22. The molecule has 0 aliphatic carbocycles. The fourth-order valence-corrected chi connectivity index (χ4v) is 1.32. The van der Waals surface area contributed by atoms with Crippen LogP contribution in [0.1, 0.15) is 52.4 Å². The number of hydrogen-bond acceptors (Lipinski definition) is 2. The highest BCUT2D eigenvalue weighted by Crippen LogP contribution is 2.04. The predicted octanol–water partition coefficient (Wildman–Crippen LogP) is 4.02. The number of esters is 1. The van der Waals surface area contributed by atoms with Crippen molar-refractivity contribution in [1.29, 1.82) is 0 Å². The van der Waals surface area contributed by atoms with E-state index in [1.165, 1.54) is 19.8 Å². The van der Waals surface area contributed by atoms with Crippen LogP contribution in [0.25, 0.3) is 0 Å². The van der Waals surface area contributed by atoms with Gasteiger partial charge in [0.2, 0.25) is 0 Å². The molecule has 0 aromatic heterocycles. The van der Waals surface area contributed by atoms with E-state index in [1.54, 1.807) is 0 Å². The fourth-order valence-electron chi connectivity index (χ4n) is 1.32. The third-order valence-corrected chi connectivity index (χ3v) is 2.19. The molecule has 0 atom stereocenters. The Morgan fingerprint density at radius 1 is 1.06 bits per heavy atom. The molecule has 0 spiro atoms. The molecule has 92 valence electrons. The van der Waals surface area contributed by atoms with Gasteiger partial charge in [-0.05, 0) is 25.7 Å². The Labute approximate surface area is 99.4 Å². The lowest BCUT2D eigenvalue weighted by Crippen LogP contribution is -1.99. The second-order valence-electron chi connectivity index (χ2n) is 3.81. The Morgan fingerprint density at radius 2 is 1.75 bits per heavy atom. The molecule has 2 heteroatoms. The van der Waals surface area contributed by atoms with Crippen molar-refractivity contribution in [2.75, 3.05) is 6.61 Å². The SMILES string of the molecule is CC/C=C/C=C\CCCCCCOC(C)=O. The summed E-state index contributed by atoms with van der Waals surface area (Å²) >= 11 is 0. The van der Waals surface area contributed by atoms with Crippen LogP contribution in [0.4, 0.5) is 0 Å². The van der Waals surface area contributed by atoms with Gasteiger partial charge in [0.05, 0.1) is 6.61 Å². The van der Waals surface area contributed by atoms with Crippen molar-refractivity contribution in [3.05, 3.63) is 24.3 Å². The van der Waals surface area contributed by atoms with Gasteiger partial charge in [-0.3, -0.25) is 4.79 Å². The zero-order chi connectivity index (χ0) is 12.1. The van der Waals surface area contributed by atoms with E-state index in [0.717, 1.165) is 25.7 Å². The van der Waals surface area contributed by atoms with Gasteiger partial charge in [0.25, 0.3) is 0 Å². The van der Waals surface area contributed by atoms with Crippen LogP contribution in [0.3, 0.4) is 0 Å². The van der Waals surface area contributed by atoms with E-state index in [4.69, 9.17) is 4.74 Å². The fraction of sp³-hybridized carbons (Fsp3) is 0.643.